The Morgan fingerprint density at radius 2 is 1.16 bits per heavy atom. The number of ether oxygens (including phenoxy) is 4. The monoisotopic (exact) mass is 986 g/mol. The zero-order chi connectivity index (χ0) is 50.6. The van der Waals surface area contributed by atoms with Crippen LogP contribution in [0.3, 0.4) is 0 Å². The lowest BCUT2D eigenvalue weighted by Gasteiger charge is -2.26. The van der Waals surface area contributed by atoms with Crippen LogP contribution in [0.25, 0.3) is 0 Å². The van der Waals surface area contributed by atoms with Crippen LogP contribution in [0.4, 0.5) is 28.4 Å². The fourth-order valence-electron chi connectivity index (χ4n) is 10.0. The van der Waals surface area contributed by atoms with Gasteiger partial charge in [0.1, 0.15) is 24.7 Å². The van der Waals surface area contributed by atoms with E-state index < -0.39 is 17.8 Å². The average Bonchev–Trinajstić information content (AvgIpc) is 4.01. The molecule has 73 heavy (non-hydrogen) atoms. The highest BCUT2D eigenvalue weighted by atomic mass is 16.7. The van der Waals surface area contributed by atoms with Gasteiger partial charge in [-0.2, -0.15) is 0 Å². The first-order valence-electron chi connectivity index (χ1n) is 25.1. The van der Waals surface area contributed by atoms with E-state index in [1.165, 1.54) is 0 Å². The van der Waals surface area contributed by atoms with Crippen LogP contribution in [0.5, 0.6) is 11.5 Å². The second kappa shape index (κ2) is 21.6. The third kappa shape index (κ3) is 10.5. The molecule has 5 aliphatic heterocycles. The molecule has 10 rings (SSSR count). The van der Waals surface area contributed by atoms with Crippen LogP contribution in [-0.4, -0.2) is 98.7 Å². The lowest BCUT2D eigenvalue weighted by atomic mass is 10.1. The standard InChI is InChI=1S/C57H58N6O10/c1-4-19-69-21-22-70-20-18-60(17-9-14-55(66)73-63-53(64)15-16-54(63)65)42-26-38(34-71-51-30-47-45(23-36(51)2)56(67)61-43(32-58-47)28-40-10-5-7-12-49(40)61)25-39(27-42)35-72-52-31-48-46(24-37(52)3)57(68)62-44(33-59-48)29-41-11-6-8-13-50(41)62/h5-8,10-13,23-27,30-33,43-44H,4,9,14-22,28-29,34-35H2,1-3H3/t43-,44-/m0/s1. The molecule has 1 fully saturated rings. The minimum absolute atomic E-state index is 0.0119. The summed E-state index contributed by atoms with van der Waals surface area (Å²) in [5.74, 6) is -0.785. The van der Waals surface area contributed by atoms with Gasteiger partial charge in [-0.05, 0) is 103 Å². The van der Waals surface area contributed by atoms with Crippen molar-refractivity contribution in [3.8, 4) is 11.5 Å². The molecule has 0 saturated carbocycles. The van der Waals surface area contributed by atoms with Gasteiger partial charge < -0.3 is 28.7 Å². The number of nitrogens with zero attached hydrogens (tertiary/aromatic N) is 6. The first-order valence-corrected chi connectivity index (χ1v) is 25.1. The van der Waals surface area contributed by atoms with Crippen LogP contribution in [0.15, 0.2) is 101 Å². The average molecular weight is 987 g/mol. The number of hydrogen-bond donors (Lipinski definition) is 0. The van der Waals surface area contributed by atoms with Crippen LogP contribution in [-0.2, 0) is 54.8 Å². The van der Waals surface area contributed by atoms with Crippen LogP contribution in [0.1, 0.15) is 93.1 Å². The lowest BCUT2D eigenvalue weighted by Crippen LogP contribution is -2.37. The SMILES string of the molecule is CCCOCCOCCN(CCCC(=O)ON1C(=O)CCC1=O)c1cc(COc2cc3c(cc2C)C(=O)N2c4ccccc4C[C@H]2C=N3)cc(COc2cc3c(cc2C)C(=O)N2c4ccccc4C[C@H]2C=N3)c1. The zero-order valence-electron chi connectivity index (χ0n) is 41.3. The quantitative estimate of drug-likeness (QED) is 0.0540. The number of hydrogen-bond acceptors (Lipinski definition) is 13. The maximum Gasteiger partial charge on any atom is 0.333 e. The summed E-state index contributed by atoms with van der Waals surface area (Å²) in [6, 6.07) is 29.0. The normalized spacial score (nSPS) is 17.2. The Balaban J connectivity index is 0.912. The zero-order valence-corrected chi connectivity index (χ0v) is 41.3. The van der Waals surface area contributed by atoms with Crippen LogP contribution in [0, 0.1) is 13.8 Å². The Kier molecular flexibility index (Phi) is 14.5. The maximum atomic E-state index is 14.1. The summed E-state index contributed by atoms with van der Waals surface area (Å²) in [6.07, 6.45) is 6.31. The number of hydroxylamine groups is 2. The molecule has 0 radical (unpaired) electrons. The van der Waals surface area contributed by atoms with Crippen molar-refractivity contribution in [1.29, 1.82) is 0 Å². The number of aliphatic imine (C=N–C) groups is 2. The first kappa shape index (κ1) is 48.9. The number of anilines is 3. The van der Waals surface area contributed by atoms with Gasteiger partial charge >= 0.3 is 5.97 Å². The summed E-state index contributed by atoms with van der Waals surface area (Å²) in [5, 5.41) is 0.570. The minimum Gasteiger partial charge on any atom is -0.489 e. The van der Waals surface area contributed by atoms with Crippen LogP contribution in [0.2, 0.25) is 0 Å². The summed E-state index contributed by atoms with van der Waals surface area (Å²) in [7, 11) is 0. The van der Waals surface area contributed by atoms with E-state index in [9.17, 15) is 24.0 Å². The molecule has 5 heterocycles. The highest BCUT2D eigenvalue weighted by Gasteiger charge is 2.38. The number of aryl methyl sites for hydroxylation is 2. The number of carbonyl (C=O) groups is 5. The van der Waals surface area contributed by atoms with Gasteiger partial charge in [-0.25, -0.2) is 4.79 Å². The predicted octanol–water partition coefficient (Wildman–Crippen LogP) is 8.67. The van der Waals surface area contributed by atoms with Crippen LogP contribution < -0.4 is 24.2 Å². The van der Waals surface area contributed by atoms with Gasteiger partial charge in [0.05, 0.1) is 54.4 Å². The van der Waals surface area contributed by atoms with Gasteiger partial charge in [-0.3, -0.25) is 39.0 Å². The van der Waals surface area contributed by atoms with Gasteiger partial charge in [0.25, 0.3) is 23.6 Å². The highest BCUT2D eigenvalue weighted by Crippen LogP contribution is 2.41. The molecule has 0 unspecified atom stereocenters. The fraction of sp³-hybridized carbons (Fsp3) is 0.351. The molecule has 0 aromatic heterocycles. The Morgan fingerprint density at radius 1 is 0.644 bits per heavy atom. The van der Waals surface area contributed by atoms with E-state index in [1.807, 2.05) is 115 Å². The van der Waals surface area contributed by atoms with Crippen molar-refractivity contribution in [3.63, 3.8) is 0 Å². The molecule has 2 atom stereocenters. The topological polar surface area (TPSA) is 169 Å². The van der Waals surface area contributed by atoms with Crippen molar-refractivity contribution < 1.29 is 47.8 Å². The Morgan fingerprint density at radius 3 is 1.70 bits per heavy atom. The molecule has 0 bridgehead atoms. The molecular weight excluding hydrogens is 929 g/mol. The lowest BCUT2D eigenvalue weighted by molar-refractivity contribution is -0.197. The molecule has 0 spiro atoms. The van der Waals surface area contributed by atoms with Gasteiger partial charge in [-0.1, -0.05) is 43.3 Å². The second-order valence-electron chi connectivity index (χ2n) is 18.9. The van der Waals surface area contributed by atoms with Crippen molar-refractivity contribution in [3.05, 3.63) is 136 Å². The van der Waals surface area contributed by atoms with E-state index >= 15 is 0 Å². The van der Waals surface area contributed by atoms with E-state index in [-0.39, 0.29) is 56.4 Å². The second-order valence-corrected chi connectivity index (χ2v) is 18.9. The third-order valence-electron chi connectivity index (χ3n) is 13.7. The highest BCUT2D eigenvalue weighted by molar-refractivity contribution is 6.15. The van der Waals surface area contributed by atoms with E-state index in [0.29, 0.717) is 97.8 Å². The molecular formula is C57H58N6O10. The molecule has 1 saturated heterocycles. The number of benzene rings is 5. The Labute approximate surface area is 424 Å². The van der Waals surface area contributed by atoms with E-state index in [0.717, 1.165) is 56.9 Å². The largest absolute Gasteiger partial charge is 0.489 e. The molecule has 0 N–H and O–H groups in total. The molecule has 16 heteroatoms. The summed E-state index contributed by atoms with van der Waals surface area (Å²) in [5.41, 5.74) is 10.1. The maximum absolute atomic E-state index is 14.1. The first-order chi connectivity index (χ1) is 35.5. The number of imide groups is 1. The van der Waals surface area contributed by atoms with Crippen molar-refractivity contribution in [2.45, 2.75) is 91.0 Å². The number of para-hydroxylation sites is 2. The fourth-order valence-corrected chi connectivity index (χ4v) is 10.0. The van der Waals surface area contributed by atoms with Crippen molar-refractivity contribution in [1.82, 2.24) is 5.06 Å². The van der Waals surface area contributed by atoms with Gasteiger partial charge in [0.15, 0.2) is 0 Å². The van der Waals surface area contributed by atoms with Crippen LogP contribution >= 0.6 is 0 Å². The summed E-state index contributed by atoms with van der Waals surface area (Å²) < 4.78 is 24.8. The van der Waals surface area contributed by atoms with Gasteiger partial charge in [-0.15, -0.1) is 5.06 Å². The van der Waals surface area contributed by atoms with Crippen molar-refractivity contribution in [2.24, 2.45) is 9.98 Å². The van der Waals surface area contributed by atoms with E-state index in [4.69, 9.17) is 33.8 Å². The third-order valence-corrected chi connectivity index (χ3v) is 13.7. The molecule has 376 valence electrons. The molecule has 5 aromatic rings. The van der Waals surface area contributed by atoms with Crippen molar-refractivity contribution >= 4 is 70.5 Å². The van der Waals surface area contributed by atoms with Crippen molar-refractivity contribution in [2.75, 3.05) is 54.2 Å². The molecule has 5 aliphatic rings. The van der Waals surface area contributed by atoms with E-state index in [1.54, 1.807) is 0 Å². The minimum atomic E-state index is -0.677. The predicted molar refractivity (Wildman–Crippen MR) is 276 cm³/mol. The summed E-state index contributed by atoms with van der Waals surface area (Å²) in [4.78, 5) is 86.0. The number of carbonyl (C=O) groups excluding carboxylic acids is 5. The number of rotatable bonds is 20. The Bertz CT molecular complexity index is 2870. The van der Waals surface area contributed by atoms with Gasteiger partial charge in [0.2, 0.25) is 0 Å². The van der Waals surface area contributed by atoms with Gasteiger partial charge in [0, 0.05) is 93.4 Å². The molecule has 4 amide bonds. The summed E-state index contributed by atoms with van der Waals surface area (Å²) >= 11 is 0. The number of amides is 4. The molecule has 5 aromatic carbocycles. The number of fused-ring (bicyclic) bond motifs is 8. The Hall–Kier alpha value is -7.69. The smallest absolute Gasteiger partial charge is 0.333 e. The summed E-state index contributed by atoms with van der Waals surface area (Å²) in [6.45, 7) is 8.92. The van der Waals surface area contributed by atoms with E-state index in [2.05, 4.69) is 24.0 Å². The molecule has 0 aliphatic carbocycles. The molecule has 16 nitrogen and oxygen atoms in total.